The van der Waals surface area contributed by atoms with Gasteiger partial charge in [-0.15, -0.1) is 0 Å². The zero-order valence-corrected chi connectivity index (χ0v) is 9.55. The van der Waals surface area contributed by atoms with Gasteiger partial charge in [-0.1, -0.05) is 13.8 Å². The molecule has 1 fully saturated rings. The molecule has 1 aliphatic heterocycles. The lowest BCUT2D eigenvalue weighted by atomic mass is 9.97. The first kappa shape index (κ1) is 12.0. The van der Waals surface area contributed by atoms with E-state index in [0.29, 0.717) is 0 Å². The average Bonchev–Trinajstić information content (AvgIpc) is 2.46. The molecule has 1 aliphatic rings. The lowest BCUT2D eigenvalue weighted by Crippen LogP contribution is -2.43. The second-order valence-electron chi connectivity index (χ2n) is 4.31. The fourth-order valence-corrected chi connectivity index (χ4v) is 1.95. The quantitative estimate of drug-likeness (QED) is 0.705. The third kappa shape index (κ3) is 3.56. The highest BCUT2D eigenvalue weighted by atomic mass is 16.3. The van der Waals surface area contributed by atoms with Crippen LogP contribution in [0, 0.1) is 0 Å². The van der Waals surface area contributed by atoms with Crippen LogP contribution in [0.5, 0.6) is 0 Å². The summed E-state index contributed by atoms with van der Waals surface area (Å²) < 4.78 is 0. The van der Waals surface area contributed by atoms with E-state index in [1.165, 1.54) is 6.42 Å². The van der Waals surface area contributed by atoms with Gasteiger partial charge >= 0.3 is 0 Å². The van der Waals surface area contributed by atoms with Crippen molar-refractivity contribution >= 4 is 0 Å². The van der Waals surface area contributed by atoms with Gasteiger partial charge in [0.05, 0.1) is 5.60 Å². The molecule has 0 amide bonds. The number of rotatable bonds is 4. The van der Waals surface area contributed by atoms with Crippen molar-refractivity contribution in [1.82, 2.24) is 10.2 Å². The summed E-state index contributed by atoms with van der Waals surface area (Å²) in [6.45, 7) is 9.34. The first-order valence-corrected chi connectivity index (χ1v) is 5.85. The molecule has 0 radical (unpaired) electrons. The summed E-state index contributed by atoms with van der Waals surface area (Å²) in [6.07, 6.45) is 2.91. The Morgan fingerprint density at radius 2 is 1.93 bits per heavy atom. The molecule has 0 aliphatic carbocycles. The maximum atomic E-state index is 10.2. The standard InChI is InChI=1S/C11H24N2O/c1-3-11(14,4-2)10-13-8-5-6-12-7-9-13/h12,14H,3-10H2,1-2H3. The van der Waals surface area contributed by atoms with Gasteiger partial charge < -0.3 is 10.4 Å². The van der Waals surface area contributed by atoms with Crippen LogP contribution in [0.15, 0.2) is 0 Å². The van der Waals surface area contributed by atoms with Crippen molar-refractivity contribution in [3.63, 3.8) is 0 Å². The first-order chi connectivity index (χ1) is 6.70. The summed E-state index contributed by atoms with van der Waals surface area (Å²) in [4.78, 5) is 2.38. The molecule has 0 atom stereocenters. The van der Waals surface area contributed by atoms with E-state index in [0.717, 1.165) is 45.6 Å². The van der Waals surface area contributed by atoms with Crippen molar-refractivity contribution in [2.75, 3.05) is 32.7 Å². The molecule has 1 heterocycles. The Balaban J connectivity index is 2.39. The number of β-amino-alcohol motifs (C(OH)–C–C–N with tert-alkyl or cyclic N) is 1. The third-order valence-electron chi connectivity index (χ3n) is 3.27. The van der Waals surface area contributed by atoms with Gasteiger partial charge in [-0.3, -0.25) is 4.90 Å². The second-order valence-corrected chi connectivity index (χ2v) is 4.31. The summed E-state index contributed by atoms with van der Waals surface area (Å²) in [5.74, 6) is 0. The van der Waals surface area contributed by atoms with Crippen LogP contribution < -0.4 is 5.32 Å². The van der Waals surface area contributed by atoms with Gasteiger partial charge in [0.25, 0.3) is 0 Å². The summed E-state index contributed by atoms with van der Waals surface area (Å²) >= 11 is 0. The Morgan fingerprint density at radius 1 is 1.21 bits per heavy atom. The van der Waals surface area contributed by atoms with Crippen molar-refractivity contribution in [3.05, 3.63) is 0 Å². The molecule has 0 unspecified atom stereocenters. The molecule has 84 valence electrons. The van der Waals surface area contributed by atoms with E-state index < -0.39 is 5.60 Å². The molecule has 1 rings (SSSR count). The molecular weight excluding hydrogens is 176 g/mol. The molecule has 3 nitrogen and oxygen atoms in total. The molecular formula is C11H24N2O. The average molecular weight is 200 g/mol. The minimum Gasteiger partial charge on any atom is -0.389 e. The number of nitrogens with one attached hydrogen (secondary N) is 1. The zero-order valence-electron chi connectivity index (χ0n) is 9.55. The molecule has 0 aromatic heterocycles. The zero-order chi connectivity index (χ0) is 10.4. The first-order valence-electron chi connectivity index (χ1n) is 5.85. The van der Waals surface area contributed by atoms with Crippen molar-refractivity contribution in [2.24, 2.45) is 0 Å². The molecule has 14 heavy (non-hydrogen) atoms. The van der Waals surface area contributed by atoms with E-state index in [1.54, 1.807) is 0 Å². The molecule has 0 saturated carbocycles. The SMILES string of the molecule is CCC(O)(CC)CN1CCCNCC1. The predicted octanol–water partition coefficient (Wildman–Crippen LogP) is 0.833. The number of nitrogens with zero attached hydrogens (tertiary/aromatic N) is 1. The lowest BCUT2D eigenvalue weighted by Gasteiger charge is -2.32. The Hall–Kier alpha value is -0.120. The Morgan fingerprint density at radius 3 is 2.57 bits per heavy atom. The van der Waals surface area contributed by atoms with E-state index >= 15 is 0 Å². The second kappa shape index (κ2) is 5.69. The molecule has 0 spiro atoms. The van der Waals surface area contributed by atoms with Crippen molar-refractivity contribution in [3.8, 4) is 0 Å². The maximum absolute atomic E-state index is 10.2. The normalized spacial score (nSPS) is 20.8. The van der Waals surface area contributed by atoms with E-state index in [-0.39, 0.29) is 0 Å². The molecule has 0 bridgehead atoms. The van der Waals surface area contributed by atoms with Crippen molar-refractivity contribution < 1.29 is 5.11 Å². The smallest absolute Gasteiger partial charge is 0.0768 e. The predicted molar refractivity (Wildman–Crippen MR) is 59.5 cm³/mol. The van der Waals surface area contributed by atoms with Crippen LogP contribution in [0.4, 0.5) is 0 Å². The van der Waals surface area contributed by atoms with Gasteiger partial charge in [0.1, 0.15) is 0 Å². The van der Waals surface area contributed by atoms with Gasteiger partial charge in [0, 0.05) is 19.6 Å². The fourth-order valence-electron chi connectivity index (χ4n) is 1.95. The summed E-state index contributed by atoms with van der Waals surface area (Å²) in [5.41, 5.74) is -0.468. The monoisotopic (exact) mass is 200 g/mol. The van der Waals surface area contributed by atoms with Gasteiger partial charge in [-0.05, 0) is 32.4 Å². The van der Waals surface area contributed by atoms with E-state index in [1.807, 2.05) is 0 Å². The lowest BCUT2D eigenvalue weighted by molar-refractivity contribution is -0.00176. The summed E-state index contributed by atoms with van der Waals surface area (Å²) in [7, 11) is 0. The fraction of sp³-hybridized carbons (Fsp3) is 1.00. The van der Waals surface area contributed by atoms with E-state index in [9.17, 15) is 5.11 Å². The van der Waals surface area contributed by atoms with Crippen molar-refractivity contribution in [2.45, 2.75) is 38.7 Å². The van der Waals surface area contributed by atoms with Crippen LogP contribution in [0.25, 0.3) is 0 Å². The topological polar surface area (TPSA) is 35.5 Å². The Labute approximate surface area is 87.5 Å². The highest BCUT2D eigenvalue weighted by molar-refractivity contribution is 4.80. The van der Waals surface area contributed by atoms with Crippen LogP contribution in [0.1, 0.15) is 33.1 Å². The Kier molecular flexibility index (Phi) is 4.85. The van der Waals surface area contributed by atoms with Crippen LogP contribution >= 0.6 is 0 Å². The van der Waals surface area contributed by atoms with Crippen LogP contribution in [0.2, 0.25) is 0 Å². The van der Waals surface area contributed by atoms with Crippen LogP contribution in [-0.4, -0.2) is 48.3 Å². The van der Waals surface area contributed by atoms with E-state index in [2.05, 4.69) is 24.1 Å². The maximum Gasteiger partial charge on any atom is 0.0768 e. The minimum absolute atomic E-state index is 0.468. The van der Waals surface area contributed by atoms with Crippen molar-refractivity contribution in [1.29, 1.82) is 0 Å². The van der Waals surface area contributed by atoms with Crippen LogP contribution in [0.3, 0.4) is 0 Å². The summed E-state index contributed by atoms with van der Waals surface area (Å²) in [6, 6.07) is 0. The van der Waals surface area contributed by atoms with Gasteiger partial charge in [-0.25, -0.2) is 0 Å². The van der Waals surface area contributed by atoms with Crippen LogP contribution in [-0.2, 0) is 0 Å². The number of hydrogen-bond donors (Lipinski definition) is 2. The minimum atomic E-state index is -0.468. The number of hydrogen-bond acceptors (Lipinski definition) is 3. The summed E-state index contributed by atoms with van der Waals surface area (Å²) in [5, 5.41) is 13.6. The molecule has 1 saturated heterocycles. The highest BCUT2D eigenvalue weighted by Crippen LogP contribution is 2.16. The molecule has 0 aromatic carbocycles. The Bertz CT molecular complexity index is 149. The highest BCUT2D eigenvalue weighted by Gasteiger charge is 2.25. The molecule has 3 heteroatoms. The largest absolute Gasteiger partial charge is 0.389 e. The van der Waals surface area contributed by atoms with Gasteiger partial charge in [-0.2, -0.15) is 0 Å². The molecule has 0 aromatic rings. The number of aliphatic hydroxyl groups is 1. The van der Waals surface area contributed by atoms with Gasteiger partial charge in [0.15, 0.2) is 0 Å². The van der Waals surface area contributed by atoms with Gasteiger partial charge in [0.2, 0.25) is 0 Å². The third-order valence-corrected chi connectivity index (χ3v) is 3.27. The molecule has 2 N–H and O–H groups in total. The van der Waals surface area contributed by atoms with E-state index in [4.69, 9.17) is 0 Å².